The second-order valence-electron chi connectivity index (χ2n) is 6.89. The fraction of sp³-hybridized carbons (Fsp3) is 0.368. The molecule has 1 fully saturated rings. The van der Waals surface area contributed by atoms with Gasteiger partial charge in [-0.2, -0.15) is 18.3 Å². The first-order chi connectivity index (χ1) is 13.8. The molecule has 0 radical (unpaired) electrons. The Morgan fingerprint density at radius 2 is 1.97 bits per heavy atom. The van der Waals surface area contributed by atoms with Crippen molar-refractivity contribution in [2.45, 2.75) is 37.9 Å². The van der Waals surface area contributed by atoms with Crippen LogP contribution in [0.15, 0.2) is 24.3 Å². The van der Waals surface area contributed by atoms with Crippen molar-refractivity contribution in [1.29, 1.82) is 0 Å². The van der Waals surface area contributed by atoms with Crippen molar-refractivity contribution in [1.82, 2.24) is 15.1 Å². The minimum atomic E-state index is -4.59. The molecule has 1 aliphatic carbocycles. The molecular weight excluding hydrogens is 446 g/mol. The zero-order valence-electron chi connectivity index (χ0n) is 15.0. The van der Waals surface area contributed by atoms with E-state index in [4.69, 9.17) is 23.2 Å². The van der Waals surface area contributed by atoms with Gasteiger partial charge in [-0.15, -0.1) is 11.3 Å². The van der Waals surface area contributed by atoms with Crippen LogP contribution in [-0.2, 0) is 12.7 Å². The highest BCUT2D eigenvalue weighted by atomic mass is 35.5. The summed E-state index contributed by atoms with van der Waals surface area (Å²) in [6.45, 7) is 0.522. The molecule has 1 aromatic carbocycles. The van der Waals surface area contributed by atoms with E-state index in [1.807, 2.05) is 24.3 Å². The Bertz CT molecular complexity index is 1070. The molecule has 0 saturated heterocycles. The number of fused-ring (bicyclic) bond motifs is 1. The largest absolute Gasteiger partial charge is 0.436 e. The minimum absolute atomic E-state index is 0.0260. The van der Waals surface area contributed by atoms with E-state index in [9.17, 15) is 18.0 Å². The monoisotopic (exact) mass is 461 g/mol. The first-order valence-corrected chi connectivity index (χ1v) is 10.6. The Kier molecular flexibility index (Phi) is 5.52. The zero-order valence-corrected chi connectivity index (χ0v) is 17.4. The smallest absolute Gasteiger partial charge is 0.351 e. The average Bonchev–Trinajstić information content (AvgIpc) is 3.37. The van der Waals surface area contributed by atoms with E-state index in [-0.39, 0.29) is 29.9 Å². The van der Waals surface area contributed by atoms with Crippen LogP contribution in [0.5, 0.6) is 0 Å². The predicted octanol–water partition coefficient (Wildman–Crippen LogP) is 6.12. The highest BCUT2D eigenvalue weighted by Crippen LogP contribution is 2.46. The number of benzene rings is 1. The number of nitrogens with one attached hydrogen (secondary N) is 1. The Labute approximate surface area is 178 Å². The van der Waals surface area contributed by atoms with Gasteiger partial charge in [-0.1, -0.05) is 41.4 Å². The van der Waals surface area contributed by atoms with Gasteiger partial charge in [0.25, 0.3) is 5.91 Å². The molecule has 1 N–H and O–H groups in total. The molecule has 10 heteroatoms. The predicted molar refractivity (Wildman–Crippen MR) is 108 cm³/mol. The average molecular weight is 462 g/mol. The van der Waals surface area contributed by atoms with Crippen molar-refractivity contribution < 1.29 is 18.0 Å². The molecule has 154 valence electrons. The topological polar surface area (TPSA) is 46.9 Å². The van der Waals surface area contributed by atoms with Gasteiger partial charge in [-0.3, -0.25) is 9.48 Å². The molecule has 2 heterocycles. The van der Waals surface area contributed by atoms with Crippen LogP contribution in [0.4, 0.5) is 13.2 Å². The lowest BCUT2D eigenvalue weighted by Gasteiger charge is -2.08. The molecule has 0 spiro atoms. The number of aromatic nitrogens is 2. The molecule has 4 rings (SSSR count). The van der Waals surface area contributed by atoms with Crippen molar-refractivity contribution in [3.8, 4) is 0 Å². The summed E-state index contributed by atoms with van der Waals surface area (Å²) in [7, 11) is 0. The van der Waals surface area contributed by atoms with Crippen LogP contribution in [-0.4, -0.2) is 22.2 Å². The van der Waals surface area contributed by atoms with Gasteiger partial charge in [0.15, 0.2) is 5.69 Å². The minimum Gasteiger partial charge on any atom is -0.351 e. The van der Waals surface area contributed by atoms with Gasteiger partial charge in [0, 0.05) is 29.1 Å². The van der Waals surface area contributed by atoms with E-state index in [1.54, 1.807) is 0 Å². The second kappa shape index (κ2) is 7.81. The maximum atomic E-state index is 13.1. The van der Waals surface area contributed by atoms with Gasteiger partial charge < -0.3 is 5.32 Å². The van der Waals surface area contributed by atoms with Crippen LogP contribution in [0.25, 0.3) is 10.1 Å². The summed E-state index contributed by atoms with van der Waals surface area (Å²) >= 11 is 13.6. The lowest BCUT2D eigenvalue weighted by Crippen LogP contribution is -2.25. The van der Waals surface area contributed by atoms with Gasteiger partial charge in [0.1, 0.15) is 4.88 Å². The van der Waals surface area contributed by atoms with Crippen molar-refractivity contribution in [3.63, 3.8) is 0 Å². The van der Waals surface area contributed by atoms with E-state index in [1.165, 1.54) is 16.0 Å². The number of aryl methyl sites for hydroxylation is 1. The van der Waals surface area contributed by atoms with Gasteiger partial charge in [-0.25, -0.2) is 0 Å². The number of alkyl halides is 3. The van der Waals surface area contributed by atoms with Gasteiger partial charge in [0.05, 0.1) is 15.7 Å². The second-order valence-corrected chi connectivity index (χ2v) is 8.70. The molecule has 4 nitrogen and oxygen atoms in total. The third-order valence-corrected chi connectivity index (χ3v) is 6.78. The van der Waals surface area contributed by atoms with Gasteiger partial charge in [0.2, 0.25) is 0 Å². The maximum absolute atomic E-state index is 13.1. The number of carbonyl (C=O) groups excluding carboxylic acids is 1. The summed E-state index contributed by atoms with van der Waals surface area (Å²) in [5.74, 6) is -0.272. The quantitative estimate of drug-likeness (QED) is 0.449. The third kappa shape index (κ3) is 4.11. The Balaban J connectivity index is 1.40. The van der Waals surface area contributed by atoms with E-state index in [0.717, 1.165) is 22.9 Å². The number of amides is 1. The molecule has 0 atom stereocenters. The Hall–Kier alpha value is -1.77. The Morgan fingerprint density at radius 1 is 1.24 bits per heavy atom. The Morgan fingerprint density at radius 3 is 2.62 bits per heavy atom. The van der Waals surface area contributed by atoms with Crippen LogP contribution in [0.1, 0.15) is 46.2 Å². The zero-order chi connectivity index (χ0) is 20.8. The SMILES string of the molecule is O=C(NCCCn1nc(C(F)(F)F)c(Cl)c1C1CC1)c1sc2ccccc2c1Cl. The van der Waals surface area contributed by atoms with Crippen LogP contribution in [0.2, 0.25) is 10.0 Å². The number of hydrogen-bond acceptors (Lipinski definition) is 3. The molecule has 0 aliphatic heterocycles. The number of rotatable bonds is 6. The molecule has 1 aliphatic rings. The summed E-state index contributed by atoms with van der Waals surface area (Å²) in [5, 5.41) is 7.39. The normalized spacial score (nSPS) is 14.5. The first-order valence-electron chi connectivity index (χ1n) is 9.06. The fourth-order valence-corrected chi connectivity index (χ4v) is 5.05. The fourth-order valence-electron chi connectivity index (χ4n) is 3.22. The van der Waals surface area contributed by atoms with Crippen molar-refractivity contribution in [2.75, 3.05) is 6.54 Å². The van der Waals surface area contributed by atoms with Crippen molar-refractivity contribution >= 4 is 50.5 Å². The summed E-state index contributed by atoms with van der Waals surface area (Å²) < 4.78 is 41.6. The number of thiophene rings is 1. The molecule has 1 saturated carbocycles. The van der Waals surface area contributed by atoms with Crippen molar-refractivity contribution in [2.24, 2.45) is 0 Å². The number of carbonyl (C=O) groups is 1. The molecular formula is C19H16Cl2F3N3OS. The third-order valence-electron chi connectivity index (χ3n) is 4.74. The standard InChI is InChI=1S/C19H16Cl2F3N3OS/c20-13-11-4-1-2-5-12(11)29-16(13)18(28)25-8-3-9-27-15(10-6-7-10)14(21)17(26-27)19(22,23)24/h1-2,4-5,10H,3,6-9H2,(H,25,28). The number of nitrogens with zero attached hydrogens (tertiary/aromatic N) is 2. The van der Waals surface area contributed by atoms with Crippen LogP contribution < -0.4 is 5.32 Å². The molecule has 0 bridgehead atoms. The van der Waals surface area contributed by atoms with E-state index in [2.05, 4.69) is 10.4 Å². The molecule has 3 aromatic rings. The van der Waals surface area contributed by atoms with E-state index >= 15 is 0 Å². The van der Waals surface area contributed by atoms with E-state index < -0.39 is 11.9 Å². The molecule has 0 unspecified atom stereocenters. The van der Waals surface area contributed by atoms with Crippen molar-refractivity contribution in [3.05, 3.63) is 50.6 Å². The summed E-state index contributed by atoms with van der Waals surface area (Å²) in [4.78, 5) is 12.9. The lowest BCUT2D eigenvalue weighted by molar-refractivity contribution is -0.141. The van der Waals surface area contributed by atoms with Crippen LogP contribution in [0, 0.1) is 0 Å². The summed E-state index contributed by atoms with van der Waals surface area (Å²) in [6.07, 6.45) is -2.55. The van der Waals surface area contributed by atoms with Gasteiger partial charge >= 0.3 is 6.18 Å². The number of halogens is 5. The maximum Gasteiger partial charge on any atom is 0.436 e. The summed E-state index contributed by atoms with van der Waals surface area (Å²) in [5.41, 5.74) is -0.597. The van der Waals surface area contributed by atoms with Gasteiger partial charge in [-0.05, 0) is 25.3 Å². The lowest BCUT2D eigenvalue weighted by atomic mass is 10.2. The molecule has 29 heavy (non-hydrogen) atoms. The highest BCUT2D eigenvalue weighted by molar-refractivity contribution is 7.21. The van der Waals surface area contributed by atoms with Crippen LogP contribution in [0.3, 0.4) is 0 Å². The van der Waals surface area contributed by atoms with Crippen LogP contribution >= 0.6 is 34.5 Å². The molecule has 1 amide bonds. The first kappa shape index (κ1) is 20.5. The summed E-state index contributed by atoms with van der Waals surface area (Å²) in [6, 6.07) is 7.47. The number of hydrogen-bond donors (Lipinski definition) is 1. The van der Waals surface area contributed by atoms with E-state index in [0.29, 0.717) is 22.0 Å². The highest BCUT2D eigenvalue weighted by Gasteiger charge is 2.41. The molecule has 2 aromatic heterocycles.